The number of aromatic nitrogens is 3. The number of pyridine rings is 1. The summed E-state index contributed by atoms with van der Waals surface area (Å²) in [5.74, 6) is 0.991. The van der Waals surface area contributed by atoms with E-state index in [0.717, 1.165) is 17.0 Å². The van der Waals surface area contributed by atoms with Crippen LogP contribution in [-0.4, -0.2) is 28.2 Å². The lowest BCUT2D eigenvalue weighted by molar-refractivity contribution is 0.0945. The standard InChI is InChI=1S/C18H17N5O2/c1-25-15-6-2-5-14(10-15)21-17-8-7-16(22-23-17)18(24)20-12-13-4-3-9-19-11-13/h2-11H,12H2,1H3,(H,20,24)(H,21,23). The maximum absolute atomic E-state index is 12.1. The van der Waals surface area contributed by atoms with Gasteiger partial charge < -0.3 is 15.4 Å². The van der Waals surface area contributed by atoms with E-state index in [0.29, 0.717) is 12.4 Å². The van der Waals surface area contributed by atoms with Crippen molar-refractivity contribution in [2.75, 3.05) is 12.4 Å². The molecule has 0 bridgehead atoms. The SMILES string of the molecule is COc1cccc(Nc2ccc(C(=O)NCc3cccnc3)nn2)c1. The maximum Gasteiger partial charge on any atom is 0.272 e. The minimum Gasteiger partial charge on any atom is -0.497 e. The van der Waals surface area contributed by atoms with E-state index in [2.05, 4.69) is 25.8 Å². The average Bonchev–Trinajstić information content (AvgIpc) is 2.67. The Morgan fingerprint density at radius 3 is 2.76 bits per heavy atom. The van der Waals surface area contributed by atoms with Crippen LogP contribution in [0.4, 0.5) is 11.5 Å². The molecular weight excluding hydrogens is 318 g/mol. The Morgan fingerprint density at radius 1 is 1.12 bits per heavy atom. The lowest BCUT2D eigenvalue weighted by atomic mass is 10.2. The molecule has 25 heavy (non-hydrogen) atoms. The van der Waals surface area contributed by atoms with Crippen LogP contribution in [0.15, 0.2) is 60.9 Å². The van der Waals surface area contributed by atoms with E-state index < -0.39 is 0 Å². The van der Waals surface area contributed by atoms with Crippen LogP contribution < -0.4 is 15.4 Å². The highest BCUT2D eigenvalue weighted by Crippen LogP contribution is 2.19. The molecule has 126 valence electrons. The fourth-order valence-corrected chi connectivity index (χ4v) is 2.14. The first kappa shape index (κ1) is 16.4. The molecule has 0 atom stereocenters. The third-order valence-corrected chi connectivity index (χ3v) is 3.42. The number of carbonyl (C=O) groups is 1. The Balaban J connectivity index is 1.60. The second-order valence-electron chi connectivity index (χ2n) is 5.20. The van der Waals surface area contributed by atoms with Crippen LogP contribution in [0, 0.1) is 0 Å². The number of amides is 1. The van der Waals surface area contributed by atoms with Crippen molar-refractivity contribution >= 4 is 17.4 Å². The largest absolute Gasteiger partial charge is 0.497 e. The summed E-state index contributed by atoms with van der Waals surface area (Å²) in [6.45, 7) is 0.387. The van der Waals surface area contributed by atoms with Crippen LogP contribution in [0.2, 0.25) is 0 Å². The minimum absolute atomic E-state index is 0.250. The van der Waals surface area contributed by atoms with Gasteiger partial charge >= 0.3 is 0 Å². The Morgan fingerprint density at radius 2 is 2.04 bits per heavy atom. The van der Waals surface area contributed by atoms with Gasteiger partial charge in [0, 0.05) is 30.7 Å². The third-order valence-electron chi connectivity index (χ3n) is 3.42. The van der Waals surface area contributed by atoms with Gasteiger partial charge in [-0.15, -0.1) is 10.2 Å². The summed E-state index contributed by atoms with van der Waals surface area (Å²) in [5, 5.41) is 13.9. The molecule has 0 fully saturated rings. The topological polar surface area (TPSA) is 89.0 Å². The number of nitrogens with zero attached hydrogens (tertiary/aromatic N) is 3. The van der Waals surface area contributed by atoms with Gasteiger partial charge in [0.05, 0.1) is 7.11 Å². The summed E-state index contributed by atoms with van der Waals surface area (Å²) >= 11 is 0. The number of ether oxygens (including phenoxy) is 1. The van der Waals surface area contributed by atoms with E-state index in [1.807, 2.05) is 36.4 Å². The second-order valence-corrected chi connectivity index (χ2v) is 5.20. The maximum atomic E-state index is 12.1. The molecule has 0 aliphatic carbocycles. The lowest BCUT2D eigenvalue weighted by Gasteiger charge is -2.07. The van der Waals surface area contributed by atoms with Crippen LogP contribution >= 0.6 is 0 Å². The molecule has 0 aliphatic rings. The highest BCUT2D eigenvalue weighted by Gasteiger charge is 2.08. The van der Waals surface area contributed by atoms with Crippen LogP contribution in [0.3, 0.4) is 0 Å². The van der Waals surface area contributed by atoms with Gasteiger partial charge in [-0.05, 0) is 35.9 Å². The molecule has 1 amide bonds. The van der Waals surface area contributed by atoms with Crippen molar-refractivity contribution < 1.29 is 9.53 Å². The van der Waals surface area contributed by atoms with Crippen molar-refractivity contribution in [2.45, 2.75) is 6.54 Å². The van der Waals surface area contributed by atoms with Crippen molar-refractivity contribution in [1.82, 2.24) is 20.5 Å². The van der Waals surface area contributed by atoms with Gasteiger partial charge in [0.15, 0.2) is 11.5 Å². The van der Waals surface area contributed by atoms with E-state index in [1.165, 1.54) is 0 Å². The number of hydrogen-bond acceptors (Lipinski definition) is 6. The third kappa shape index (κ3) is 4.51. The summed E-state index contributed by atoms with van der Waals surface area (Å²) in [6.07, 6.45) is 3.39. The number of rotatable bonds is 6. The lowest BCUT2D eigenvalue weighted by Crippen LogP contribution is -2.24. The molecule has 0 spiro atoms. The molecule has 0 radical (unpaired) electrons. The van der Waals surface area contributed by atoms with Gasteiger partial charge in [-0.25, -0.2) is 0 Å². The molecule has 0 aliphatic heterocycles. The monoisotopic (exact) mass is 335 g/mol. The van der Waals surface area contributed by atoms with Gasteiger partial charge in [-0.1, -0.05) is 12.1 Å². The van der Waals surface area contributed by atoms with E-state index >= 15 is 0 Å². The Bertz CT molecular complexity index is 838. The van der Waals surface area contributed by atoms with Crippen molar-refractivity contribution in [3.8, 4) is 5.75 Å². The first-order chi connectivity index (χ1) is 12.2. The zero-order valence-electron chi connectivity index (χ0n) is 13.6. The smallest absolute Gasteiger partial charge is 0.272 e. The van der Waals surface area contributed by atoms with Gasteiger partial charge in [0.2, 0.25) is 0 Å². The van der Waals surface area contributed by atoms with Crippen LogP contribution in [0.5, 0.6) is 5.75 Å². The quantitative estimate of drug-likeness (QED) is 0.720. The molecule has 2 N–H and O–H groups in total. The number of benzene rings is 1. The number of nitrogens with one attached hydrogen (secondary N) is 2. The molecule has 0 saturated carbocycles. The highest BCUT2D eigenvalue weighted by molar-refractivity contribution is 5.92. The molecule has 3 rings (SSSR count). The van der Waals surface area contributed by atoms with Gasteiger partial charge in [0.1, 0.15) is 5.75 Å². The Labute approximate surface area is 145 Å². The Kier molecular flexibility index (Phi) is 5.16. The number of anilines is 2. The zero-order valence-corrected chi connectivity index (χ0v) is 13.6. The predicted octanol–water partition coefficient (Wildman–Crippen LogP) is 2.55. The Hall–Kier alpha value is -3.48. The van der Waals surface area contributed by atoms with Crippen LogP contribution in [-0.2, 0) is 6.54 Å². The van der Waals surface area contributed by atoms with Crippen molar-refractivity contribution in [2.24, 2.45) is 0 Å². The van der Waals surface area contributed by atoms with Gasteiger partial charge in [0.25, 0.3) is 5.91 Å². The summed E-state index contributed by atoms with van der Waals surface area (Å²) in [6, 6.07) is 14.5. The van der Waals surface area contributed by atoms with E-state index in [1.54, 1.807) is 31.6 Å². The predicted molar refractivity (Wildman–Crippen MR) is 93.7 cm³/mol. The van der Waals surface area contributed by atoms with Gasteiger partial charge in [-0.3, -0.25) is 9.78 Å². The molecule has 2 aromatic heterocycles. The first-order valence-corrected chi connectivity index (χ1v) is 7.66. The van der Waals surface area contributed by atoms with Crippen LogP contribution in [0.25, 0.3) is 0 Å². The molecule has 0 saturated heterocycles. The first-order valence-electron chi connectivity index (χ1n) is 7.66. The summed E-state index contributed by atoms with van der Waals surface area (Å²) in [5.41, 5.74) is 1.99. The average molecular weight is 335 g/mol. The summed E-state index contributed by atoms with van der Waals surface area (Å²) < 4.78 is 5.17. The van der Waals surface area contributed by atoms with E-state index in [-0.39, 0.29) is 11.6 Å². The molecule has 1 aromatic carbocycles. The molecule has 2 heterocycles. The molecule has 3 aromatic rings. The second kappa shape index (κ2) is 7.87. The highest BCUT2D eigenvalue weighted by atomic mass is 16.5. The zero-order chi connectivity index (χ0) is 17.5. The summed E-state index contributed by atoms with van der Waals surface area (Å²) in [4.78, 5) is 16.1. The fraction of sp³-hybridized carbons (Fsp3) is 0.111. The molecule has 7 heteroatoms. The number of hydrogen-bond donors (Lipinski definition) is 2. The van der Waals surface area contributed by atoms with Crippen molar-refractivity contribution in [3.63, 3.8) is 0 Å². The molecule has 0 unspecified atom stereocenters. The van der Waals surface area contributed by atoms with E-state index in [9.17, 15) is 4.79 Å². The van der Waals surface area contributed by atoms with Crippen LogP contribution in [0.1, 0.15) is 16.1 Å². The normalized spacial score (nSPS) is 10.1. The number of carbonyl (C=O) groups excluding carboxylic acids is 1. The summed E-state index contributed by atoms with van der Waals surface area (Å²) in [7, 11) is 1.61. The molecule has 7 nitrogen and oxygen atoms in total. The van der Waals surface area contributed by atoms with Gasteiger partial charge in [-0.2, -0.15) is 0 Å². The van der Waals surface area contributed by atoms with Crippen molar-refractivity contribution in [3.05, 3.63) is 72.2 Å². The minimum atomic E-state index is -0.288. The number of methoxy groups -OCH3 is 1. The fourth-order valence-electron chi connectivity index (χ4n) is 2.14. The van der Waals surface area contributed by atoms with E-state index in [4.69, 9.17) is 4.74 Å². The molecular formula is C18H17N5O2. The van der Waals surface area contributed by atoms with Crippen molar-refractivity contribution in [1.29, 1.82) is 0 Å².